The van der Waals surface area contributed by atoms with Crippen molar-refractivity contribution >= 4 is 28.3 Å². The van der Waals surface area contributed by atoms with Gasteiger partial charge in [-0.3, -0.25) is 10.1 Å². The number of ether oxygens (including phenoxy) is 2. The van der Waals surface area contributed by atoms with Gasteiger partial charge >= 0.3 is 5.97 Å². The minimum atomic E-state index is -0.557. The molecular formula is C20H18N2O4S. The molecule has 0 atom stereocenters. The Morgan fingerprint density at radius 3 is 2.52 bits per heavy atom. The number of amides is 1. The number of esters is 1. The first-order valence-corrected chi connectivity index (χ1v) is 9.09. The second kappa shape index (κ2) is 9.07. The maximum absolute atomic E-state index is 12.0. The van der Waals surface area contributed by atoms with E-state index in [4.69, 9.17) is 9.47 Å². The average Bonchev–Trinajstić information content (AvgIpc) is 3.16. The molecule has 0 bridgehead atoms. The Labute approximate surface area is 160 Å². The number of aromatic nitrogens is 1. The van der Waals surface area contributed by atoms with E-state index in [9.17, 15) is 9.59 Å². The van der Waals surface area contributed by atoms with E-state index in [0.717, 1.165) is 16.8 Å². The molecule has 0 radical (unpaired) electrons. The van der Waals surface area contributed by atoms with Gasteiger partial charge < -0.3 is 9.47 Å². The molecule has 27 heavy (non-hydrogen) atoms. The van der Waals surface area contributed by atoms with Gasteiger partial charge in [-0.2, -0.15) is 0 Å². The molecule has 1 N–H and O–H groups in total. The Kier molecular flexibility index (Phi) is 6.30. The molecule has 6 nitrogen and oxygen atoms in total. The van der Waals surface area contributed by atoms with Gasteiger partial charge in [0.25, 0.3) is 5.91 Å². The van der Waals surface area contributed by atoms with Crippen LogP contribution in [0.5, 0.6) is 0 Å². The third-order valence-corrected chi connectivity index (χ3v) is 4.41. The summed E-state index contributed by atoms with van der Waals surface area (Å²) in [6.45, 7) is 0.0927. The van der Waals surface area contributed by atoms with E-state index in [1.165, 1.54) is 11.3 Å². The van der Waals surface area contributed by atoms with E-state index in [1.54, 1.807) is 31.4 Å². The van der Waals surface area contributed by atoms with Crippen molar-refractivity contribution in [2.45, 2.75) is 6.61 Å². The van der Waals surface area contributed by atoms with Gasteiger partial charge in [0.1, 0.15) is 0 Å². The standard InChI is InChI=1S/C20H18N2O4S/c1-25-11-14-7-9-16(10-8-14)19(24)26-12-18(23)22-20-21-17(13-27-20)15-5-3-2-4-6-15/h2-10,13H,11-12H2,1H3,(H,21,22,23). The highest BCUT2D eigenvalue weighted by atomic mass is 32.1. The number of carbonyl (C=O) groups is 2. The van der Waals surface area contributed by atoms with Gasteiger partial charge in [0.05, 0.1) is 17.9 Å². The van der Waals surface area contributed by atoms with Crippen LogP contribution in [0.2, 0.25) is 0 Å². The second-order valence-corrected chi connectivity index (χ2v) is 6.52. The molecule has 138 valence electrons. The highest BCUT2D eigenvalue weighted by Gasteiger charge is 2.12. The van der Waals surface area contributed by atoms with Crippen molar-refractivity contribution in [3.05, 3.63) is 71.1 Å². The number of rotatable bonds is 7. The molecule has 0 unspecified atom stereocenters. The zero-order valence-corrected chi connectivity index (χ0v) is 15.5. The molecule has 0 fully saturated rings. The Morgan fingerprint density at radius 1 is 1.07 bits per heavy atom. The number of anilines is 1. The average molecular weight is 382 g/mol. The summed E-state index contributed by atoms with van der Waals surface area (Å²) in [6, 6.07) is 16.5. The van der Waals surface area contributed by atoms with Gasteiger partial charge in [0.2, 0.25) is 0 Å². The maximum atomic E-state index is 12.0. The number of thiazole rings is 1. The lowest BCUT2D eigenvalue weighted by molar-refractivity contribution is -0.119. The van der Waals surface area contributed by atoms with Gasteiger partial charge in [-0.1, -0.05) is 42.5 Å². The summed E-state index contributed by atoms with van der Waals surface area (Å²) >= 11 is 1.31. The molecule has 3 rings (SSSR count). The number of hydrogen-bond acceptors (Lipinski definition) is 6. The SMILES string of the molecule is COCc1ccc(C(=O)OCC(=O)Nc2nc(-c3ccccc3)cs2)cc1. The van der Waals surface area contributed by atoms with Crippen LogP contribution in [0.25, 0.3) is 11.3 Å². The first-order valence-electron chi connectivity index (χ1n) is 8.21. The van der Waals surface area contributed by atoms with Crippen LogP contribution in [0, 0.1) is 0 Å². The first-order chi connectivity index (χ1) is 13.2. The van der Waals surface area contributed by atoms with Crippen molar-refractivity contribution in [1.29, 1.82) is 0 Å². The van der Waals surface area contributed by atoms with Gasteiger partial charge in [0, 0.05) is 18.1 Å². The summed E-state index contributed by atoms with van der Waals surface area (Å²) < 4.78 is 10.1. The molecule has 7 heteroatoms. The van der Waals surface area contributed by atoms with Crippen LogP contribution in [0.15, 0.2) is 60.0 Å². The molecule has 1 heterocycles. The highest BCUT2D eigenvalue weighted by molar-refractivity contribution is 7.14. The van der Waals surface area contributed by atoms with Crippen LogP contribution in [0.4, 0.5) is 5.13 Å². The van der Waals surface area contributed by atoms with E-state index >= 15 is 0 Å². The second-order valence-electron chi connectivity index (χ2n) is 5.66. The summed E-state index contributed by atoms with van der Waals surface area (Å²) in [5.74, 6) is -0.994. The van der Waals surface area contributed by atoms with Crippen LogP contribution >= 0.6 is 11.3 Å². The predicted octanol–water partition coefficient (Wildman–Crippen LogP) is 3.75. The summed E-state index contributed by atoms with van der Waals surface area (Å²) in [5, 5.41) is 4.96. The molecule has 0 spiro atoms. The molecular weight excluding hydrogens is 364 g/mol. The van der Waals surface area contributed by atoms with Crippen molar-refractivity contribution in [2.75, 3.05) is 19.0 Å². The van der Waals surface area contributed by atoms with E-state index in [2.05, 4.69) is 10.3 Å². The van der Waals surface area contributed by atoms with Crippen molar-refractivity contribution in [2.24, 2.45) is 0 Å². The zero-order chi connectivity index (χ0) is 19.1. The number of carbonyl (C=O) groups excluding carboxylic acids is 2. The van der Waals surface area contributed by atoms with Gasteiger partial charge in [-0.25, -0.2) is 9.78 Å². The van der Waals surface area contributed by atoms with E-state index < -0.39 is 11.9 Å². The first kappa shape index (κ1) is 18.8. The minimum Gasteiger partial charge on any atom is -0.452 e. The van der Waals surface area contributed by atoms with E-state index in [0.29, 0.717) is 17.3 Å². The molecule has 0 aliphatic heterocycles. The Morgan fingerprint density at radius 2 is 1.81 bits per heavy atom. The lowest BCUT2D eigenvalue weighted by atomic mass is 10.1. The van der Waals surface area contributed by atoms with Crippen molar-refractivity contribution in [3.8, 4) is 11.3 Å². The largest absolute Gasteiger partial charge is 0.452 e. The molecule has 0 saturated heterocycles. The van der Waals surface area contributed by atoms with Gasteiger partial charge in [-0.15, -0.1) is 11.3 Å². The molecule has 2 aromatic carbocycles. The molecule has 1 amide bonds. The predicted molar refractivity (Wildman–Crippen MR) is 104 cm³/mol. The van der Waals surface area contributed by atoms with Crippen LogP contribution in [0.3, 0.4) is 0 Å². The van der Waals surface area contributed by atoms with Crippen LogP contribution in [-0.2, 0) is 20.9 Å². The third kappa shape index (κ3) is 5.22. The lowest BCUT2D eigenvalue weighted by Gasteiger charge is -2.05. The summed E-state index contributed by atoms with van der Waals surface area (Å²) in [7, 11) is 1.60. The Hall–Kier alpha value is -3.03. The van der Waals surface area contributed by atoms with Gasteiger partial charge in [0.15, 0.2) is 11.7 Å². The van der Waals surface area contributed by atoms with E-state index in [-0.39, 0.29) is 6.61 Å². The summed E-state index contributed by atoms with van der Waals surface area (Å²) in [6.07, 6.45) is 0. The van der Waals surface area contributed by atoms with E-state index in [1.807, 2.05) is 35.7 Å². The quantitative estimate of drug-likeness (QED) is 0.630. The number of nitrogens with zero attached hydrogens (tertiary/aromatic N) is 1. The monoisotopic (exact) mass is 382 g/mol. The molecule has 0 aliphatic rings. The van der Waals surface area contributed by atoms with Crippen molar-refractivity contribution < 1.29 is 19.1 Å². The van der Waals surface area contributed by atoms with Crippen molar-refractivity contribution in [1.82, 2.24) is 4.98 Å². The van der Waals surface area contributed by atoms with Crippen LogP contribution in [0.1, 0.15) is 15.9 Å². The number of methoxy groups -OCH3 is 1. The normalized spacial score (nSPS) is 10.4. The third-order valence-electron chi connectivity index (χ3n) is 3.66. The van der Waals surface area contributed by atoms with Crippen molar-refractivity contribution in [3.63, 3.8) is 0 Å². The molecule has 0 aliphatic carbocycles. The Balaban J connectivity index is 1.51. The summed E-state index contributed by atoms with van der Waals surface area (Å²) in [4.78, 5) is 28.4. The number of hydrogen-bond donors (Lipinski definition) is 1. The lowest BCUT2D eigenvalue weighted by Crippen LogP contribution is -2.20. The fourth-order valence-electron chi connectivity index (χ4n) is 2.35. The maximum Gasteiger partial charge on any atom is 0.338 e. The topological polar surface area (TPSA) is 77.5 Å². The number of nitrogens with one attached hydrogen (secondary N) is 1. The minimum absolute atomic E-state index is 0.376. The van der Waals surface area contributed by atoms with Gasteiger partial charge in [-0.05, 0) is 17.7 Å². The fraction of sp³-hybridized carbons (Fsp3) is 0.150. The molecule has 3 aromatic rings. The molecule has 1 aromatic heterocycles. The van der Waals surface area contributed by atoms with Crippen LogP contribution in [-0.4, -0.2) is 30.6 Å². The highest BCUT2D eigenvalue weighted by Crippen LogP contribution is 2.24. The van der Waals surface area contributed by atoms with Crippen LogP contribution < -0.4 is 5.32 Å². The number of benzene rings is 2. The molecule has 0 saturated carbocycles. The Bertz CT molecular complexity index is 907. The fourth-order valence-corrected chi connectivity index (χ4v) is 3.08. The smallest absolute Gasteiger partial charge is 0.338 e. The summed E-state index contributed by atoms with van der Waals surface area (Å²) in [5.41, 5.74) is 3.08. The zero-order valence-electron chi connectivity index (χ0n) is 14.7.